The van der Waals surface area contributed by atoms with E-state index >= 15 is 0 Å². The fraction of sp³-hybridized carbons (Fsp3) is 0.0909. The van der Waals surface area contributed by atoms with E-state index in [1.165, 1.54) is 0 Å². The topological polar surface area (TPSA) is 47.0 Å². The highest BCUT2D eigenvalue weighted by molar-refractivity contribution is 9.10. The lowest BCUT2D eigenvalue weighted by Crippen LogP contribution is -1.98. The van der Waals surface area contributed by atoms with Crippen molar-refractivity contribution >= 4 is 45.1 Å². The zero-order valence-electron chi connectivity index (χ0n) is 9.25. The van der Waals surface area contributed by atoms with E-state index in [0.29, 0.717) is 32.1 Å². The van der Waals surface area contributed by atoms with Gasteiger partial charge in [0.2, 0.25) is 11.8 Å². The maximum absolute atomic E-state index is 5.89. The first-order valence-electron chi connectivity index (χ1n) is 4.92. The average molecular weight is 349 g/mol. The summed E-state index contributed by atoms with van der Waals surface area (Å²) in [6.45, 7) is 0. The minimum atomic E-state index is 0.382. The molecule has 0 amide bonds. The third-order valence-corrected chi connectivity index (χ3v) is 2.97. The first-order chi connectivity index (χ1) is 8.58. The molecule has 0 saturated carbocycles. The molecule has 0 fully saturated rings. The Morgan fingerprint density at radius 3 is 2.50 bits per heavy atom. The molecule has 1 aromatic carbocycles. The summed E-state index contributed by atoms with van der Waals surface area (Å²) in [5.41, 5.74) is 0. The molecular formula is C11H8BrCl2N3O. The summed E-state index contributed by atoms with van der Waals surface area (Å²) in [7, 11) is 1.73. The summed E-state index contributed by atoms with van der Waals surface area (Å²) in [4.78, 5) is 8.20. The van der Waals surface area contributed by atoms with E-state index in [2.05, 4.69) is 31.2 Å². The summed E-state index contributed by atoms with van der Waals surface area (Å²) in [6, 6.07) is 4.94. The minimum absolute atomic E-state index is 0.382. The first-order valence-corrected chi connectivity index (χ1v) is 6.47. The van der Waals surface area contributed by atoms with Crippen LogP contribution in [-0.2, 0) is 0 Å². The quantitative estimate of drug-likeness (QED) is 0.894. The number of halogens is 3. The third kappa shape index (κ3) is 3.25. The monoisotopic (exact) mass is 347 g/mol. The molecule has 0 unspecified atom stereocenters. The van der Waals surface area contributed by atoms with Crippen LogP contribution < -0.4 is 10.1 Å². The summed E-state index contributed by atoms with van der Waals surface area (Å²) >= 11 is 15.1. The lowest BCUT2D eigenvalue weighted by Gasteiger charge is -2.08. The SMILES string of the molecule is CNc1ncc(Br)c(Oc2cc(Cl)cc(Cl)c2)n1. The van der Waals surface area contributed by atoms with Crippen LogP contribution in [0.2, 0.25) is 10.0 Å². The number of nitrogens with one attached hydrogen (secondary N) is 1. The highest BCUT2D eigenvalue weighted by Gasteiger charge is 2.08. The van der Waals surface area contributed by atoms with Crippen LogP contribution in [0.1, 0.15) is 0 Å². The third-order valence-electron chi connectivity index (χ3n) is 1.99. The number of aromatic nitrogens is 2. The molecule has 4 nitrogen and oxygen atoms in total. The Morgan fingerprint density at radius 2 is 1.89 bits per heavy atom. The van der Waals surface area contributed by atoms with Gasteiger partial charge in [0.25, 0.3) is 0 Å². The molecular weight excluding hydrogens is 341 g/mol. The number of anilines is 1. The van der Waals surface area contributed by atoms with Crippen molar-refractivity contribution in [2.24, 2.45) is 0 Å². The van der Waals surface area contributed by atoms with E-state index in [1.54, 1.807) is 31.4 Å². The van der Waals surface area contributed by atoms with E-state index in [4.69, 9.17) is 27.9 Å². The van der Waals surface area contributed by atoms with Crippen molar-refractivity contribution in [3.05, 3.63) is 38.9 Å². The molecule has 0 atom stereocenters. The largest absolute Gasteiger partial charge is 0.438 e. The Bertz CT molecular complexity index is 560. The van der Waals surface area contributed by atoms with E-state index < -0.39 is 0 Å². The van der Waals surface area contributed by atoms with E-state index in [-0.39, 0.29) is 0 Å². The summed E-state index contributed by atoms with van der Waals surface area (Å²) in [5.74, 6) is 1.35. The minimum Gasteiger partial charge on any atom is -0.438 e. The second kappa shape index (κ2) is 5.73. The molecule has 94 valence electrons. The molecule has 2 rings (SSSR count). The second-order valence-electron chi connectivity index (χ2n) is 3.30. The molecule has 0 saturated heterocycles. The molecule has 0 radical (unpaired) electrons. The Kier molecular flexibility index (Phi) is 4.27. The van der Waals surface area contributed by atoms with Gasteiger partial charge in [-0.1, -0.05) is 23.2 Å². The Labute approximate surface area is 122 Å². The Balaban J connectivity index is 2.33. The summed E-state index contributed by atoms with van der Waals surface area (Å²) < 4.78 is 6.24. The summed E-state index contributed by atoms with van der Waals surface area (Å²) in [5, 5.41) is 3.82. The number of hydrogen-bond acceptors (Lipinski definition) is 4. The Hall–Kier alpha value is -1.04. The molecule has 0 aliphatic rings. The molecule has 2 aromatic rings. The van der Waals surface area contributed by atoms with Gasteiger partial charge in [-0.05, 0) is 34.1 Å². The summed E-state index contributed by atoms with van der Waals surface area (Å²) in [6.07, 6.45) is 1.60. The fourth-order valence-corrected chi connectivity index (χ4v) is 2.02. The van der Waals surface area contributed by atoms with Crippen molar-refractivity contribution in [1.82, 2.24) is 9.97 Å². The predicted molar refractivity (Wildman–Crippen MR) is 75.8 cm³/mol. The van der Waals surface area contributed by atoms with Gasteiger partial charge >= 0.3 is 0 Å². The number of ether oxygens (including phenoxy) is 1. The zero-order valence-corrected chi connectivity index (χ0v) is 12.3. The van der Waals surface area contributed by atoms with Crippen molar-refractivity contribution < 1.29 is 4.74 Å². The van der Waals surface area contributed by atoms with Crippen LogP contribution in [0.3, 0.4) is 0 Å². The maximum atomic E-state index is 5.89. The van der Waals surface area contributed by atoms with Crippen molar-refractivity contribution in [3.8, 4) is 11.6 Å². The van der Waals surface area contributed by atoms with E-state index in [0.717, 1.165) is 0 Å². The van der Waals surface area contributed by atoms with Gasteiger partial charge < -0.3 is 10.1 Å². The molecule has 0 bridgehead atoms. The van der Waals surface area contributed by atoms with Gasteiger partial charge in [0, 0.05) is 17.1 Å². The van der Waals surface area contributed by atoms with Crippen LogP contribution in [0.15, 0.2) is 28.9 Å². The molecule has 0 aliphatic heterocycles. The second-order valence-corrected chi connectivity index (χ2v) is 5.03. The molecule has 1 aromatic heterocycles. The predicted octanol–water partition coefficient (Wildman–Crippen LogP) is 4.38. The van der Waals surface area contributed by atoms with E-state index in [1.807, 2.05) is 0 Å². The van der Waals surface area contributed by atoms with Gasteiger partial charge in [-0.2, -0.15) is 4.98 Å². The maximum Gasteiger partial charge on any atom is 0.238 e. The molecule has 0 spiro atoms. The van der Waals surface area contributed by atoms with Gasteiger partial charge in [0.15, 0.2) is 0 Å². The van der Waals surface area contributed by atoms with Crippen LogP contribution in [-0.4, -0.2) is 17.0 Å². The van der Waals surface area contributed by atoms with Gasteiger partial charge in [-0.25, -0.2) is 4.98 Å². The number of rotatable bonds is 3. The number of nitrogens with zero attached hydrogens (tertiary/aromatic N) is 2. The molecule has 18 heavy (non-hydrogen) atoms. The van der Waals surface area contributed by atoms with Crippen LogP contribution in [0.4, 0.5) is 5.95 Å². The van der Waals surface area contributed by atoms with Crippen molar-refractivity contribution in [1.29, 1.82) is 0 Å². The normalized spacial score (nSPS) is 10.2. The lowest BCUT2D eigenvalue weighted by atomic mass is 10.3. The van der Waals surface area contributed by atoms with Crippen LogP contribution in [0.5, 0.6) is 11.6 Å². The van der Waals surface area contributed by atoms with Crippen LogP contribution in [0, 0.1) is 0 Å². The smallest absolute Gasteiger partial charge is 0.238 e. The first kappa shape index (κ1) is 13.4. The number of hydrogen-bond donors (Lipinski definition) is 1. The molecule has 1 N–H and O–H groups in total. The molecule has 1 heterocycles. The van der Waals surface area contributed by atoms with Gasteiger partial charge in [-0.3, -0.25) is 0 Å². The lowest BCUT2D eigenvalue weighted by molar-refractivity contribution is 0.459. The van der Waals surface area contributed by atoms with Crippen molar-refractivity contribution in [2.45, 2.75) is 0 Å². The molecule has 7 heteroatoms. The van der Waals surface area contributed by atoms with Crippen LogP contribution >= 0.6 is 39.1 Å². The molecule has 0 aliphatic carbocycles. The highest BCUT2D eigenvalue weighted by atomic mass is 79.9. The number of benzene rings is 1. The van der Waals surface area contributed by atoms with Gasteiger partial charge in [0.05, 0.1) is 10.7 Å². The zero-order chi connectivity index (χ0) is 13.1. The highest BCUT2D eigenvalue weighted by Crippen LogP contribution is 2.31. The van der Waals surface area contributed by atoms with E-state index in [9.17, 15) is 0 Å². The fourth-order valence-electron chi connectivity index (χ4n) is 1.24. The van der Waals surface area contributed by atoms with Crippen molar-refractivity contribution in [3.63, 3.8) is 0 Å². The van der Waals surface area contributed by atoms with Gasteiger partial charge in [0.1, 0.15) is 5.75 Å². The van der Waals surface area contributed by atoms with Crippen molar-refractivity contribution in [2.75, 3.05) is 12.4 Å². The standard InChI is InChI=1S/C11H8BrCl2N3O/c1-15-11-16-5-9(12)10(17-11)18-8-3-6(13)2-7(14)4-8/h2-5H,1H3,(H,15,16,17). The van der Waals surface area contributed by atoms with Crippen LogP contribution in [0.25, 0.3) is 0 Å². The Morgan fingerprint density at radius 1 is 1.22 bits per heavy atom. The van der Waals surface area contributed by atoms with Gasteiger partial charge in [-0.15, -0.1) is 0 Å². The average Bonchev–Trinajstić information content (AvgIpc) is 2.30.